The van der Waals surface area contributed by atoms with E-state index >= 15 is 0 Å². The Labute approximate surface area is 98.4 Å². The molecule has 0 spiro atoms. The van der Waals surface area contributed by atoms with E-state index in [4.69, 9.17) is 4.42 Å². The number of rotatable bonds is 3. The Morgan fingerprint density at radius 2 is 2.19 bits per heavy atom. The zero-order chi connectivity index (χ0) is 11.5. The van der Waals surface area contributed by atoms with Crippen molar-refractivity contribution in [3.8, 4) is 0 Å². The Bertz CT molecular complexity index is 331. The maximum Gasteiger partial charge on any atom is 0.120 e. The first-order valence-corrected chi connectivity index (χ1v) is 6.43. The van der Waals surface area contributed by atoms with Crippen molar-refractivity contribution in [2.24, 2.45) is 11.8 Å². The lowest BCUT2D eigenvalue weighted by Gasteiger charge is -2.33. The average Bonchev–Trinajstić information content (AvgIpc) is 2.63. The second-order valence-corrected chi connectivity index (χ2v) is 5.41. The van der Waals surface area contributed by atoms with Crippen LogP contribution in [-0.2, 0) is 6.54 Å². The van der Waals surface area contributed by atoms with Gasteiger partial charge in [-0.1, -0.05) is 13.8 Å². The minimum atomic E-state index is 0.667. The molecule has 1 aromatic rings. The zero-order valence-corrected chi connectivity index (χ0v) is 10.6. The molecular formula is C14H23NO. The van der Waals surface area contributed by atoms with Crippen LogP contribution in [0.4, 0.5) is 0 Å². The molecule has 2 rings (SSSR count). The van der Waals surface area contributed by atoms with E-state index in [1.54, 1.807) is 6.26 Å². The Morgan fingerprint density at radius 3 is 2.81 bits per heavy atom. The van der Waals surface area contributed by atoms with Crippen molar-refractivity contribution in [1.29, 1.82) is 0 Å². The summed E-state index contributed by atoms with van der Waals surface area (Å²) < 4.78 is 5.45. The van der Waals surface area contributed by atoms with Crippen LogP contribution in [0.3, 0.4) is 0 Å². The van der Waals surface area contributed by atoms with Crippen LogP contribution in [0.5, 0.6) is 0 Å². The summed E-state index contributed by atoms with van der Waals surface area (Å²) in [6.07, 6.45) is 5.80. The third-order valence-electron chi connectivity index (χ3n) is 3.92. The van der Waals surface area contributed by atoms with Crippen LogP contribution in [0.15, 0.2) is 16.7 Å². The summed E-state index contributed by atoms with van der Waals surface area (Å²) in [6, 6.07) is 2.70. The van der Waals surface area contributed by atoms with Gasteiger partial charge in [-0.25, -0.2) is 0 Å². The third-order valence-corrected chi connectivity index (χ3v) is 3.92. The highest BCUT2D eigenvalue weighted by Gasteiger charge is 2.24. The standard InChI is InChI=1S/C14H23NO/c1-10-4-5-13(12(3)8-10)15-9-14-11(2)6-7-16-14/h6-7,10,12-13,15H,4-5,8-9H2,1-3H3. The molecule has 0 saturated heterocycles. The smallest absolute Gasteiger partial charge is 0.120 e. The molecule has 1 aromatic heterocycles. The second kappa shape index (κ2) is 5.05. The summed E-state index contributed by atoms with van der Waals surface area (Å²) in [5.41, 5.74) is 1.25. The Kier molecular flexibility index (Phi) is 3.70. The van der Waals surface area contributed by atoms with Crippen LogP contribution < -0.4 is 5.32 Å². The van der Waals surface area contributed by atoms with Crippen molar-refractivity contribution in [3.05, 3.63) is 23.7 Å². The van der Waals surface area contributed by atoms with E-state index < -0.39 is 0 Å². The van der Waals surface area contributed by atoms with Crippen molar-refractivity contribution < 1.29 is 4.42 Å². The molecule has 16 heavy (non-hydrogen) atoms. The predicted octanol–water partition coefficient (Wildman–Crippen LogP) is 3.50. The molecule has 1 aliphatic rings. The third kappa shape index (κ3) is 2.67. The van der Waals surface area contributed by atoms with Gasteiger partial charge in [0.15, 0.2) is 0 Å². The minimum absolute atomic E-state index is 0.667. The molecule has 0 radical (unpaired) electrons. The summed E-state index contributed by atoms with van der Waals surface area (Å²) in [5, 5.41) is 3.64. The van der Waals surface area contributed by atoms with E-state index in [1.807, 2.05) is 6.07 Å². The number of furan rings is 1. The van der Waals surface area contributed by atoms with Crippen LogP contribution in [0.1, 0.15) is 44.4 Å². The summed E-state index contributed by atoms with van der Waals surface area (Å²) >= 11 is 0. The fourth-order valence-electron chi connectivity index (χ4n) is 2.78. The Hall–Kier alpha value is -0.760. The molecule has 0 aromatic carbocycles. The van der Waals surface area contributed by atoms with Crippen molar-refractivity contribution in [2.45, 2.75) is 52.6 Å². The summed E-state index contributed by atoms with van der Waals surface area (Å²) in [5.74, 6) is 2.78. The lowest BCUT2D eigenvalue weighted by molar-refractivity contribution is 0.223. The molecule has 3 atom stereocenters. The van der Waals surface area contributed by atoms with E-state index in [9.17, 15) is 0 Å². The molecule has 0 amide bonds. The van der Waals surface area contributed by atoms with Gasteiger partial charge in [-0.15, -0.1) is 0 Å². The van der Waals surface area contributed by atoms with E-state index in [2.05, 4.69) is 26.1 Å². The number of nitrogens with one attached hydrogen (secondary N) is 1. The van der Waals surface area contributed by atoms with Crippen LogP contribution in [-0.4, -0.2) is 6.04 Å². The van der Waals surface area contributed by atoms with Crippen molar-refractivity contribution in [1.82, 2.24) is 5.32 Å². The molecule has 1 aliphatic carbocycles. The lowest BCUT2D eigenvalue weighted by atomic mass is 9.80. The first-order chi connectivity index (χ1) is 7.66. The molecule has 1 fully saturated rings. The molecule has 2 nitrogen and oxygen atoms in total. The van der Waals surface area contributed by atoms with Crippen LogP contribution >= 0.6 is 0 Å². The van der Waals surface area contributed by atoms with Crippen molar-refractivity contribution in [3.63, 3.8) is 0 Å². The van der Waals surface area contributed by atoms with Gasteiger partial charge >= 0.3 is 0 Å². The maximum absolute atomic E-state index is 5.45. The van der Waals surface area contributed by atoms with Gasteiger partial charge in [0, 0.05) is 6.04 Å². The molecule has 90 valence electrons. The highest BCUT2D eigenvalue weighted by Crippen LogP contribution is 2.28. The normalized spacial score (nSPS) is 30.6. The molecule has 1 N–H and O–H groups in total. The van der Waals surface area contributed by atoms with Gasteiger partial charge < -0.3 is 9.73 Å². The summed E-state index contributed by atoms with van der Waals surface area (Å²) in [4.78, 5) is 0. The Balaban J connectivity index is 1.84. The first kappa shape index (κ1) is 11.7. The van der Waals surface area contributed by atoms with E-state index in [-0.39, 0.29) is 0 Å². The molecule has 2 heteroatoms. The van der Waals surface area contributed by atoms with Gasteiger partial charge in [0.1, 0.15) is 5.76 Å². The van der Waals surface area contributed by atoms with Gasteiger partial charge in [-0.2, -0.15) is 0 Å². The van der Waals surface area contributed by atoms with Crippen LogP contribution in [0, 0.1) is 18.8 Å². The molecule has 3 unspecified atom stereocenters. The first-order valence-electron chi connectivity index (χ1n) is 6.43. The SMILES string of the molecule is Cc1ccoc1CNC1CCC(C)CC1C. The van der Waals surface area contributed by atoms with Crippen molar-refractivity contribution in [2.75, 3.05) is 0 Å². The van der Waals surface area contributed by atoms with Gasteiger partial charge in [0.05, 0.1) is 12.8 Å². The lowest BCUT2D eigenvalue weighted by Crippen LogP contribution is -2.38. The van der Waals surface area contributed by atoms with Gasteiger partial charge in [-0.05, 0) is 49.7 Å². The molecular weight excluding hydrogens is 198 g/mol. The van der Waals surface area contributed by atoms with Gasteiger partial charge in [0.25, 0.3) is 0 Å². The topological polar surface area (TPSA) is 25.2 Å². The maximum atomic E-state index is 5.45. The quantitative estimate of drug-likeness (QED) is 0.845. The van der Waals surface area contributed by atoms with Gasteiger partial charge in [0.2, 0.25) is 0 Å². The van der Waals surface area contributed by atoms with E-state index in [1.165, 1.54) is 24.8 Å². The monoisotopic (exact) mass is 221 g/mol. The van der Waals surface area contributed by atoms with Crippen LogP contribution in [0.2, 0.25) is 0 Å². The van der Waals surface area contributed by atoms with Crippen molar-refractivity contribution >= 4 is 0 Å². The van der Waals surface area contributed by atoms with E-state index in [0.717, 1.165) is 24.1 Å². The Morgan fingerprint density at radius 1 is 1.38 bits per heavy atom. The second-order valence-electron chi connectivity index (χ2n) is 5.41. The summed E-state index contributed by atoms with van der Waals surface area (Å²) in [7, 11) is 0. The largest absolute Gasteiger partial charge is 0.468 e. The average molecular weight is 221 g/mol. The minimum Gasteiger partial charge on any atom is -0.468 e. The fraction of sp³-hybridized carbons (Fsp3) is 0.714. The van der Waals surface area contributed by atoms with E-state index in [0.29, 0.717) is 6.04 Å². The molecule has 1 heterocycles. The van der Waals surface area contributed by atoms with Crippen LogP contribution in [0.25, 0.3) is 0 Å². The van der Waals surface area contributed by atoms with Gasteiger partial charge in [-0.3, -0.25) is 0 Å². The number of hydrogen-bond acceptors (Lipinski definition) is 2. The highest BCUT2D eigenvalue weighted by atomic mass is 16.3. The highest BCUT2D eigenvalue weighted by molar-refractivity contribution is 5.14. The molecule has 0 aliphatic heterocycles. The fourth-order valence-corrected chi connectivity index (χ4v) is 2.78. The number of hydrogen-bond donors (Lipinski definition) is 1. The zero-order valence-electron chi connectivity index (χ0n) is 10.6. The number of aryl methyl sites for hydroxylation is 1. The molecule has 0 bridgehead atoms. The summed E-state index contributed by atoms with van der Waals surface area (Å²) in [6.45, 7) is 7.71. The molecule has 1 saturated carbocycles. The predicted molar refractivity (Wildman–Crippen MR) is 66.3 cm³/mol.